The molecule has 1 N–H and O–H groups in total. The largest absolute Gasteiger partial charge is 0.461 e. The Labute approximate surface area is 111 Å². The van der Waals surface area contributed by atoms with Crippen molar-refractivity contribution in [1.29, 1.82) is 0 Å². The summed E-state index contributed by atoms with van der Waals surface area (Å²) in [6.45, 7) is 2.07. The van der Waals surface area contributed by atoms with Gasteiger partial charge in [0.25, 0.3) is 0 Å². The molecule has 0 amide bonds. The van der Waals surface area contributed by atoms with Gasteiger partial charge in [0.1, 0.15) is 17.3 Å². The second kappa shape index (κ2) is 5.55. The Balaban J connectivity index is 2.26. The smallest absolute Gasteiger partial charge is 0.135 e. The molecule has 96 valence electrons. The number of benzene rings is 1. The zero-order chi connectivity index (χ0) is 13.1. The Morgan fingerprint density at radius 3 is 2.83 bits per heavy atom. The Hall–Kier alpha value is -1.32. The Bertz CT molecular complexity index is 538. The van der Waals surface area contributed by atoms with E-state index in [0.29, 0.717) is 22.4 Å². The molecule has 4 heteroatoms. The van der Waals surface area contributed by atoms with Gasteiger partial charge in [-0.05, 0) is 44.3 Å². The molecular formula is C14H15ClFNO. The third-order valence-electron chi connectivity index (χ3n) is 2.86. The molecule has 0 aliphatic rings. The van der Waals surface area contributed by atoms with E-state index in [9.17, 15) is 4.39 Å². The van der Waals surface area contributed by atoms with Gasteiger partial charge in [-0.2, -0.15) is 0 Å². The summed E-state index contributed by atoms with van der Waals surface area (Å²) in [7, 11) is 1.90. The summed E-state index contributed by atoms with van der Waals surface area (Å²) in [4.78, 5) is 0. The fraction of sp³-hybridized carbons (Fsp3) is 0.286. The van der Waals surface area contributed by atoms with E-state index in [1.54, 1.807) is 0 Å². The van der Waals surface area contributed by atoms with E-state index in [0.717, 1.165) is 12.2 Å². The monoisotopic (exact) mass is 267 g/mol. The molecule has 18 heavy (non-hydrogen) atoms. The fourth-order valence-electron chi connectivity index (χ4n) is 1.72. The van der Waals surface area contributed by atoms with Crippen LogP contribution in [0.15, 0.2) is 34.7 Å². The maximum absolute atomic E-state index is 13.2. The minimum atomic E-state index is -0.323. The van der Waals surface area contributed by atoms with Gasteiger partial charge in [-0.15, -0.1) is 0 Å². The molecule has 1 aromatic carbocycles. The lowest BCUT2D eigenvalue weighted by atomic mass is 10.1. The Morgan fingerprint density at radius 2 is 2.11 bits per heavy atom. The van der Waals surface area contributed by atoms with Gasteiger partial charge in [-0.1, -0.05) is 11.6 Å². The highest BCUT2D eigenvalue weighted by Gasteiger charge is 2.11. The first kappa shape index (κ1) is 13.1. The molecule has 2 nitrogen and oxygen atoms in total. The van der Waals surface area contributed by atoms with Crippen LogP contribution in [-0.2, 0) is 6.42 Å². The average Bonchev–Trinajstić information content (AvgIpc) is 2.80. The van der Waals surface area contributed by atoms with Crippen molar-refractivity contribution < 1.29 is 8.81 Å². The van der Waals surface area contributed by atoms with E-state index in [1.807, 2.05) is 19.2 Å². The zero-order valence-corrected chi connectivity index (χ0v) is 11.1. The number of hydrogen-bond acceptors (Lipinski definition) is 2. The molecule has 0 spiro atoms. The van der Waals surface area contributed by atoms with Gasteiger partial charge in [-0.3, -0.25) is 0 Å². The lowest BCUT2D eigenvalue weighted by Gasteiger charge is -2.07. The SMILES string of the molecule is CNC(C)Cc1ccc(-c2cc(F)ccc2Cl)o1. The van der Waals surface area contributed by atoms with Crippen molar-refractivity contribution in [3.05, 3.63) is 46.9 Å². The van der Waals surface area contributed by atoms with E-state index < -0.39 is 0 Å². The van der Waals surface area contributed by atoms with Crippen LogP contribution < -0.4 is 5.32 Å². The standard InChI is InChI=1S/C14H15ClFNO/c1-9(17-2)7-11-4-6-14(18-11)12-8-10(16)3-5-13(12)15/h3-6,8-9,17H,7H2,1-2H3. The molecule has 1 unspecified atom stereocenters. The number of hydrogen-bond donors (Lipinski definition) is 1. The first-order valence-corrected chi connectivity index (χ1v) is 6.19. The van der Waals surface area contributed by atoms with Crippen molar-refractivity contribution >= 4 is 11.6 Å². The minimum Gasteiger partial charge on any atom is -0.461 e. The number of likely N-dealkylation sites (N-methyl/N-ethyl adjacent to an activating group) is 1. The van der Waals surface area contributed by atoms with Crippen molar-refractivity contribution in [2.24, 2.45) is 0 Å². The van der Waals surface area contributed by atoms with Gasteiger partial charge in [-0.25, -0.2) is 4.39 Å². The Kier molecular flexibility index (Phi) is 4.04. The molecule has 0 saturated heterocycles. The summed E-state index contributed by atoms with van der Waals surface area (Å²) in [5, 5.41) is 3.62. The second-order valence-electron chi connectivity index (χ2n) is 4.28. The van der Waals surface area contributed by atoms with Crippen LogP contribution in [0.5, 0.6) is 0 Å². The molecule has 2 aromatic rings. The van der Waals surface area contributed by atoms with E-state index in [2.05, 4.69) is 12.2 Å². The van der Waals surface area contributed by atoms with Crippen molar-refractivity contribution in [1.82, 2.24) is 5.32 Å². The van der Waals surface area contributed by atoms with Crippen LogP contribution >= 0.6 is 11.6 Å². The first-order chi connectivity index (χ1) is 8.60. The minimum absolute atomic E-state index is 0.323. The fourth-order valence-corrected chi connectivity index (χ4v) is 1.93. The molecule has 0 bridgehead atoms. The van der Waals surface area contributed by atoms with Crippen LogP contribution in [-0.4, -0.2) is 13.1 Å². The maximum atomic E-state index is 13.2. The second-order valence-corrected chi connectivity index (χ2v) is 4.69. The van der Waals surface area contributed by atoms with Crippen molar-refractivity contribution in [2.75, 3.05) is 7.05 Å². The highest BCUT2D eigenvalue weighted by molar-refractivity contribution is 6.33. The van der Waals surface area contributed by atoms with Gasteiger partial charge in [0.15, 0.2) is 0 Å². The third kappa shape index (κ3) is 2.92. The van der Waals surface area contributed by atoms with Crippen LogP contribution in [0, 0.1) is 5.82 Å². The summed E-state index contributed by atoms with van der Waals surface area (Å²) in [6.07, 6.45) is 0.781. The van der Waals surface area contributed by atoms with E-state index >= 15 is 0 Å². The molecule has 0 aliphatic heterocycles. The number of nitrogens with one attached hydrogen (secondary N) is 1. The molecule has 0 radical (unpaired) electrons. The lowest BCUT2D eigenvalue weighted by molar-refractivity contribution is 0.481. The lowest BCUT2D eigenvalue weighted by Crippen LogP contribution is -2.23. The Morgan fingerprint density at radius 1 is 1.33 bits per heavy atom. The maximum Gasteiger partial charge on any atom is 0.135 e. The predicted octanol–water partition coefficient (Wildman–Crippen LogP) is 3.89. The molecule has 1 aromatic heterocycles. The quantitative estimate of drug-likeness (QED) is 0.909. The normalized spacial score (nSPS) is 12.7. The van der Waals surface area contributed by atoms with Crippen molar-refractivity contribution in [2.45, 2.75) is 19.4 Å². The van der Waals surface area contributed by atoms with Crippen molar-refractivity contribution in [3.8, 4) is 11.3 Å². The van der Waals surface area contributed by atoms with Crippen LogP contribution in [0.1, 0.15) is 12.7 Å². The van der Waals surface area contributed by atoms with Gasteiger partial charge in [0, 0.05) is 18.0 Å². The van der Waals surface area contributed by atoms with Crippen LogP contribution in [0.4, 0.5) is 4.39 Å². The molecule has 0 aliphatic carbocycles. The van der Waals surface area contributed by atoms with Gasteiger partial charge >= 0.3 is 0 Å². The number of rotatable bonds is 4. The van der Waals surface area contributed by atoms with Crippen LogP contribution in [0.3, 0.4) is 0 Å². The highest BCUT2D eigenvalue weighted by Crippen LogP contribution is 2.30. The summed E-state index contributed by atoms with van der Waals surface area (Å²) in [6, 6.07) is 8.28. The topological polar surface area (TPSA) is 25.2 Å². The van der Waals surface area contributed by atoms with Crippen LogP contribution in [0.2, 0.25) is 5.02 Å². The summed E-state index contributed by atoms with van der Waals surface area (Å²) >= 11 is 6.03. The van der Waals surface area contributed by atoms with E-state index in [-0.39, 0.29) is 5.82 Å². The zero-order valence-electron chi connectivity index (χ0n) is 10.3. The van der Waals surface area contributed by atoms with Crippen molar-refractivity contribution in [3.63, 3.8) is 0 Å². The molecule has 0 saturated carbocycles. The van der Waals surface area contributed by atoms with Gasteiger partial charge in [0.05, 0.1) is 5.02 Å². The van der Waals surface area contributed by atoms with E-state index in [1.165, 1.54) is 18.2 Å². The number of halogens is 2. The number of furan rings is 1. The first-order valence-electron chi connectivity index (χ1n) is 5.81. The summed E-state index contributed by atoms with van der Waals surface area (Å²) in [5.74, 6) is 1.13. The molecular weight excluding hydrogens is 253 g/mol. The van der Waals surface area contributed by atoms with E-state index in [4.69, 9.17) is 16.0 Å². The average molecular weight is 268 g/mol. The molecule has 1 heterocycles. The van der Waals surface area contributed by atoms with Crippen LogP contribution in [0.25, 0.3) is 11.3 Å². The summed E-state index contributed by atoms with van der Waals surface area (Å²) in [5.41, 5.74) is 0.583. The van der Waals surface area contributed by atoms with Gasteiger partial charge in [0.2, 0.25) is 0 Å². The highest BCUT2D eigenvalue weighted by atomic mass is 35.5. The van der Waals surface area contributed by atoms with Gasteiger partial charge < -0.3 is 9.73 Å². The molecule has 1 atom stereocenters. The molecule has 2 rings (SSSR count). The molecule has 0 fully saturated rings. The third-order valence-corrected chi connectivity index (χ3v) is 3.19. The summed E-state index contributed by atoms with van der Waals surface area (Å²) < 4.78 is 18.9. The predicted molar refractivity (Wildman–Crippen MR) is 71.3 cm³/mol.